The lowest BCUT2D eigenvalue weighted by Gasteiger charge is -2.26. The molecule has 3 aromatic carbocycles. The zero-order chi connectivity index (χ0) is 28.3. The smallest absolute Gasteiger partial charge is 0.300 e. The predicted octanol–water partition coefficient (Wildman–Crippen LogP) is 3.44. The van der Waals surface area contributed by atoms with Crippen LogP contribution in [-0.2, 0) is 14.4 Å². The topological polar surface area (TPSA) is 124 Å². The lowest BCUT2D eigenvalue weighted by Crippen LogP contribution is -2.37. The van der Waals surface area contributed by atoms with Crippen molar-refractivity contribution >= 4 is 35.0 Å². The fraction of sp³-hybridized carbons (Fsp3) is 0.172. The summed E-state index contributed by atoms with van der Waals surface area (Å²) in [6, 6.07) is 16.0. The molecule has 1 aliphatic rings. The summed E-state index contributed by atoms with van der Waals surface area (Å²) in [6.45, 7) is 0.618. The Hall–Kier alpha value is -4.83. The van der Waals surface area contributed by atoms with Crippen LogP contribution in [0.5, 0.6) is 5.75 Å². The SMILES string of the molecule is COc1ccc(/C(O)=C2/C(=O)C(=O)N(c3ccc(C(=O)N(CCO)C(C)=O)cc3)C2c2ccc(F)cc2)cc1. The van der Waals surface area contributed by atoms with Crippen LogP contribution in [0.3, 0.4) is 0 Å². The Kier molecular flexibility index (Phi) is 7.87. The molecule has 1 unspecified atom stereocenters. The minimum atomic E-state index is -1.10. The number of Topliss-reactive ketones (excluding diaryl/α,β-unsaturated/α-hetero) is 1. The van der Waals surface area contributed by atoms with Crippen LogP contribution in [0.1, 0.15) is 34.5 Å². The molecule has 1 fully saturated rings. The van der Waals surface area contributed by atoms with Crippen LogP contribution in [0.15, 0.2) is 78.4 Å². The van der Waals surface area contributed by atoms with Crippen molar-refractivity contribution < 1.29 is 38.5 Å². The molecule has 0 spiro atoms. The highest BCUT2D eigenvalue weighted by molar-refractivity contribution is 6.51. The first-order chi connectivity index (χ1) is 18.7. The van der Waals surface area contributed by atoms with Crippen molar-refractivity contribution in [1.29, 1.82) is 0 Å². The molecule has 200 valence electrons. The van der Waals surface area contributed by atoms with E-state index in [0.717, 1.165) is 9.80 Å². The monoisotopic (exact) mass is 532 g/mol. The molecule has 0 bridgehead atoms. The zero-order valence-electron chi connectivity index (χ0n) is 21.1. The molecule has 3 aromatic rings. The Morgan fingerprint density at radius 2 is 1.54 bits per heavy atom. The number of aliphatic hydroxyl groups excluding tert-OH is 2. The van der Waals surface area contributed by atoms with Crippen LogP contribution in [0.4, 0.5) is 10.1 Å². The fourth-order valence-corrected chi connectivity index (χ4v) is 4.39. The molecular formula is C29H25FN2O7. The summed E-state index contributed by atoms with van der Waals surface area (Å²) in [7, 11) is 1.48. The molecule has 1 atom stereocenters. The zero-order valence-corrected chi connectivity index (χ0v) is 21.1. The minimum absolute atomic E-state index is 0.121. The number of methoxy groups -OCH3 is 1. The number of hydrogen-bond acceptors (Lipinski definition) is 7. The van der Waals surface area contributed by atoms with E-state index in [1.54, 1.807) is 12.1 Å². The molecule has 1 aliphatic heterocycles. The van der Waals surface area contributed by atoms with Crippen LogP contribution in [0, 0.1) is 5.82 Å². The predicted molar refractivity (Wildman–Crippen MR) is 139 cm³/mol. The quantitative estimate of drug-likeness (QED) is 0.271. The molecule has 10 heteroatoms. The summed E-state index contributed by atoms with van der Waals surface area (Å²) in [4.78, 5) is 53.2. The molecule has 9 nitrogen and oxygen atoms in total. The summed E-state index contributed by atoms with van der Waals surface area (Å²) in [6.07, 6.45) is 0. The number of benzene rings is 3. The number of hydrogen-bond donors (Lipinski definition) is 2. The number of rotatable bonds is 7. The van der Waals surface area contributed by atoms with Crippen LogP contribution in [-0.4, -0.2) is 58.9 Å². The van der Waals surface area contributed by atoms with E-state index >= 15 is 0 Å². The number of halogens is 1. The highest BCUT2D eigenvalue weighted by Gasteiger charge is 2.47. The van der Waals surface area contributed by atoms with Crippen LogP contribution in [0.25, 0.3) is 5.76 Å². The van der Waals surface area contributed by atoms with Crippen LogP contribution in [0.2, 0.25) is 0 Å². The number of aliphatic hydroxyl groups is 2. The molecule has 1 saturated heterocycles. The highest BCUT2D eigenvalue weighted by Crippen LogP contribution is 2.42. The van der Waals surface area contributed by atoms with Crippen LogP contribution >= 0.6 is 0 Å². The number of ether oxygens (including phenoxy) is 1. The van der Waals surface area contributed by atoms with Gasteiger partial charge in [-0.25, -0.2) is 4.39 Å². The molecular weight excluding hydrogens is 507 g/mol. The third kappa shape index (κ3) is 5.27. The number of carbonyl (C=O) groups is 4. The first-order valence-corrected chi connectivity index (χ1v) is 11.9. The van der Waals surface area contributed by atoms with Crippen LogP contribution < -0.4 is 9.64 Å². The molecule has 0 aromatic heterocycles. The summed E-state index contributed by atoms with van der Waals surface area (Å²) < 4.78 is 18.9. The van der Waals surface area contributed by atoms with Gasteiger partial charge in [0, 0.05) is 23.7 Å². The standard InChI is InChI=1S/C29H25FN2O7/c1-17(34)31(15-16-33)28(37)20-5-11-22(12-6-20)32-25(18-3-9-21(30)10-4-18)24(27(36)29(32)38)26(35)19-7-13-23(39-2)14-8-19/h3-14,25,33,35H,15-16H2,1-2H3/b26-24-. The lowest BCUT2D eigenvalue weighted by atomic mass is 9.95. The third-order valence-corrected chi connectivity index (χ3v) is 6.33. The van der Waals surface area contributed by atoms with Crippen molar-refractivity contribution in [2.45, 2.75) is 13.0 Å². The minimum Gasteiger partial charge on any atom is -0.507 e. The van der Waals surface area contributed by atoms with Gasteiger partial charge in [-0.2, -0.15) is 0 Å². The van der Waals surface area contributed by atoms with Gasteiger partial charge in [0.05, 0.1) is 31.9 Å². The molecule has 4 rings (SSSR count). The summed E-state index contributed by atoms with van der Waals surface area (Å²) in [5.74, 6) is -3.46. The largest absolute Gasteiger partial charge is 0.507 e. The normalized spacial score (nSPS) is 16.3. The van der Waals surface area contributed by atoms with Gasteiger partial charge < -0.3 is 14.9 Å². The van der Waals surface area contributed by atoms with Crippen molar-refractivity contribution in [2.75, 3.05) is 25.2 Å². The Morgan fingerprint density at radius 1 is 0.949 bits per heavy atom. The van der Waals surface area contributed by atoms with E-state index in [4.69, 9.17) is 4.74 Å². The molecule has 2 N–H and O–H groups in total. The summed E-state index contributed by atoms with van der Waals surface area (Å²) in [5, 5.41) is 20.3. The van der Waals surface area contributed by atoms with Crippen molar-refractivity contribution in [1.82, 2.24) is 4.90 Å². The number of nitrogens with zero attached hydrogens (tertiary/aromatic N) is 2. The number of carbonyl (C=O) groups excluding carboxylic acids is 4. The number of amides is 3. The Morgan fingerprint density at radius 3 is 2.08 bits per heavy atom. The highest BCUT2D eigenvalue weighted by atomic mass is 19.1. The Balaban J connectivity index is 1.80. The van der Waals surface area contributed by atoms with E-state index < -0.39 is 47.7 Å². The average Bonchev–Trinajstić information content (AvgIpc) is 3.21. The first-order valence-electron chi connectivity index (χ1n) is 11.9. The maximum atomic E-state index is 13.7. The second kappa shape index (κ2) is 11.3. The van der Waals surface area contributed by atoms with Crippen molar-refractivity contribution in [3.8, 4) is 5.75 Å². The second-order valence-electron chi connectivity index (χ2n) is 8.70. The van der Waals surface area contributed by atoms with Gasteiger partial charge in [-0.15, -0.1) is 0 Å². The van der Waals surface area contributed by atoms with Gasteiger partial charge in [-0.05, 0) is 66.2 Å². The maximum absolute atomic E-state index is 13.7. The van der Waals surface area contributed by atoms with Crippen molar-refractivity contribution in [2.24, 2.45) is 0 Å². The van der Waals surface area contributed by atoms with Gasteiger partial charge in [0.2, 0.25) is 5.91 Å². The van der Waals surface area contributed by atoms with E-state index in [1.807, 2.05) is 0 Å². The summed E-state index contributed by atoms with van der Waals surface area (Å²) >= 11 is 0. The molecule has 3 amide bonds. The number of anilines is 1. The first kappa shape index (κ1) is 27.2. The van der Waals surface area contributed by atoms with Gasteiger partial charge in [-0.3, -0.25) is 29.0 Å². The van der Waals surface area contributed by atoms with Crippen molar-refractivity contribution in [3.05, 3.63) is 101 Å². The lowest BCUT2D eigenvalue weighted by molar-refractivity contribution is -0.132. The second-order valence-corrected chi connectivity index (χ2v) is 8.70. The van der Waals surface area contributed by atoms with E-state index in [2.05, 4.69) is 0 Å². The third-order valence-electron chi connectivity index (χ3n) is 6.33. The van der Waals surface area contributed by atoms with Gasteiger partial charge in [0.25, 0.3) is 17.6 Å². The molecule has 0 radical (unpaired) electrons. The Labute approximate surface area is 223 Å². The number of ketones is 1. The van der Waals surface area contributed by atoms with Gasteiger partial charge >= 0.3 is 0 Å². The molecule has 39 heavy (non-hydrogen) atoms. The molecule has 1 heterocycles. The van der Waals surface area contributed by atoms with Gasteiger partial charge in [0.1, 0.15) is 17.3 Å². The molecule has 0 saturated carbocycles. The van der Waals surface area contributed by atoms with E-state index in [0.29, 0.717) is 11.3 Å². The van der Waals surface area contributed by atoms with Gasteiger partial charge in [-0.1, -0.05) is 12.1 Å². The average molecular weight is 533 g/mol. The van der Waals surface area contributed by atoms with E-state index in [1.165, 1.54) is 74.7 Å². The summed E-state index contributed by atoms with van der Waals surface area (Å²) in [5.41, 5.74) is 0.804. The molecule has 0 aliphatic carbocycles. The maximum Gasteiger partial charge on any atom is 0.300 e. The van der Waals surface area contributed by atoms with Gasteiger partial charge in [0.15, 0.2) is 0 Å². The Bertz CT molecular complexity index is 1450. The number of imide groups is 1. The fourth-order valence-electron chi connectivity index (χ4n) is 4.39. The van der Waals surface area contributed by atoms with E-state index in [9.17, 15) is 33.8 Å². The van der Waals surface area contributed by atoms with Crippen molar-refractivity contribution in [3.63, 3.8) is 0 Å². The van der Waals surface area contributed by atoms with E-state index in [-0.39, 0.29) is 28.9 Å².